The van der Waals surface area contributed by atoms with Crippen LogP contribution < -0.4 is 9.05 Å². The van der Waals surface area contributed by atoms with E-state index in [9.17, 15) is 0 Å². The second-order valence-corrected chi connectivity index (χ2v) is 8.45. The minimum absolute atomic E-state index is 0.635. The summed E-state index contributed by atoms with van der Waals surface area (Å²) in [5, 5.41) is 0. The minimum Gasteiger partial charge on any atom is -0.291 e. The van der Waals surface area contributed by atoms with Gasteiger partial charge in [-0.3, -0.25) is 9.05 Å². The highest BCUT2D eigenvalue weighted by atomic mass is 35.7. The van der Waals surface area contributed by atoms with E-state index in [1.54, 1.807) is 0 Å². The third kappa shape index (κ3) is 4.13. The van der Waals surface area contributed by atoms with Gasteiger partial charge in [0.2, 0.25) is 0 Å². The summed E-state index contributed by atoms with van der Waals surface area (Å²) in [6.45, 7) is 6.02. The first kappa shape index (κ1) is 15.2. The first-order chi connectivity index (χ1) is 9.50. The molecule has 0 aliphatic carbocycles. The van der Waals surface area contributed by atoms with E-state index in [2.05, 4.69) is 0 Å². The molecule has 0 unspecified atom stereocenters. The molecule has 0 saturated heterocycles. The molecule has 2 aromatic rings. The Bertz CT molecular complexity index is 539. The van der Waals surface area contributed by atoms with Crippen LogP contribution in [0.3, 0.4) is 0 Å². The van der Waals surface area contributed by atoms with Gasteiger partial charge in [-0.15, -0.1) is 0 Å². The average Bonchev–Trinajstić information content (AvgIpc) is 2.38. The Labute approximate surface area is 126 Å². The van der Waals surface area contributed by atoms with Gasteiger partial charge in [-0.25, -0.2) is 0 Å². The van der Waals surface area contributed by atoms with Gasteiger partial charge in [-0.1, -0.05) is 24.3 Å². The fourth-order valence-corrected chi connectivity index (χ4v) is 3.44. The zero-order valence-corrected chi connectivity index (χ0v) is 13.6. The molecule has 0 radical (unpaired) electrons. The molecule has 0 aliphatic rings. The molecular formula is C16H19ClO2P+. The summed E-state index contributed by atoms with van der Waals surface area (Å²) in [6, 6.07) is 15.7. The summed E-state index contributed by atoms with van der Waals surface area (Å²) in [6.07, 6.45) is 0.635. The molecule has 0 aliphatic heterocycles. The van der Waals surface area contributed by atoms with Crippen LogP contribution in [0, 0.1) is 13.8 Å². The van der Waals surface area contributed by atoms with Crippen LogP contribution in [0.25, 0.3) is 0 Å². The van der Waals surface area contributed by atoms with Gasteiger partial charge in [0.25, 0.3) is 0 Å². The van der Waals surface area contributed by atoms with E-state index in [4.69, 9.17) is 20.3 Å². The second kappa shape index (κ2) is 6.47. The van der Waals surface area contributed by atoms with Crippen molar-refractivity contribution in [3.8, 4) is 11.5 Å². The molecule has 0 fully saturated rings. The molecule has 2 nitrogen and oxygen atoms in total. The van der Waals surface area contributed by atoms with Gasteiger partial charge in [-0.2, -0.15) is 0 Å². The van der Waals surface area contributed by atoms with Crippen molar-refractivity contribution in [2.45, 2.75) is 20.8 Å². The third-order valence-corrected chi connectivity index (χ3v) is 5.69. The van der Waals surface area contributed by atoms with Crippen molar-refractivity contribution in [2.24, 2.45) is 0 Å². The van der Waals surface area contributed by atoms with E-state index in [1.165, 1.54) is 0 Å². The number of rotatable bonds is 5. The van der Waals surface area contributed by atoms with E-state index in [0.717, 1.165) is 22.6 Å². The summed E-state index contributed by atoms with van der Waals surface area (Å²) in [5.41, 5.74) is 2.27. The summed E-state index contributed by atoms with van der Waals surface area (Å²) in [5.74, 6) is 1.51. The van der Waals surface area contributed by atoms with Crippen molar-refractivity contribution in [1.29, 1.82) is 0 Å². The van der Waals surface area contributed by atoms with Crippen LogP contribution in [-0.4, -0.2) is 6.16 Å². The topological polar surface area (TPSA) is 18.5 Å². The largest absolute Gasteiger partial charge is 0.459 e. The summed E-state index contributed by atoms with van der Waals surface area (Å²) in [7, 11) is -2.46. The lowest BCUT2D eigenvalue weighted by Crippen LogP contribution is -2.05. The number of hydrogen-bond acceptors (Lipinski definition) is 2. The Balaban J connectivity index is 2.16. The second-order valence-electron chi connectivity index (χ2n) is 4.72. The Morgan fingerprint density at radius 2 is 1.35 bits per heavy atom. The van der Waals surface area contributed by atoms with Gasteiger partial charge in [0.05, 0.1) is 0 Å². The fraction of sp³-hybridized carbons (Fsp3) is 0.250. The molecule has 0 atom stereocenters. The van der Waals surface area contributed by atoms with Crippen LogP contribution in [0.4, 0.5) is 0 Å². The maximum absolute atomic E-state index is 6.56. The highest BCUT2D eigenvalue weighted by molar-refractivity contribution is 7.92. The van der Waals surface area contributed by atoms with E-state index in [-0.39, 0.29) is 0 Å². The zero-order chi connectivity index (χ0) is 14.6. The molecule has 20 heavy (non-hydrogen) atoms. The van der Waals surface area contributed by atoms with Crippen LogP contribution in [-0.2, 0) is 0 Å². The third-order valence-electron chi connectivity index (χ3n) is 2.84. The van der Waals surface area contributed by atoms with Gasteiger partial charge in [0, 0.05) is 0 Å². The normalized spacial score (nSPS) is 11.2. The molecule has 0 amide bonds. The average molecular weight is 310 g/mol. The Morgan fingerprint density at radius 3 is 1.70 bits per heavy atom. The zero-order valence-electron chi connectivity index (χ0n) is 12.0. The molecule has 2 aromatic carbocycles. The highest BCUT2D eigenvalue weighted by Crippen LogP contribution is 2.64. The van der Waals surface area contributed by atoms with E-state index >= 15 is 0 Å². The van der Waals surface area contributed by atoms with Crippen molar-refractivity contribution >= 4 is 18.3 Å². The lowest BCUT2D eigenvalue weighted by Gasteiger charge is -2.16. The van der Waals surface area contributed by atoms with Gasteiger partial charge in [-0.05, 0) is 56.2 Å². The minimum atomic E-state index is -2.46. The van der Waals surface area contributed by atoms with Gasteiger partial charge < -0.3 is 0 Å². The predicted octanol–water partition coefficient (Wildman–Crippen LogP) is 5.78. The molecule has 0 N–H and O–H groups in total. The smallest absolute Gasteiger partial charge is 0.291 e. The van der Waals surface area contributed by atoms with Crippen LogP contribution in [0.2, 0.25) is 0 Å². The molecule has 0 heterocycles. The lowest BCUT2D eigenvalue weighted by atomic mass is 10.2. The Kier molecular flexibility index (Phi) is 4.91. The standard InChI is InChI=1S/C16H19ClO2P/c1-4-20(17,18-15-9-5-7-13(2)11-15)19-16-10-6-8-14(3)12-16/h5-12H,4H2,1-3H3/q+1. The molecule has 0 spiro atoms. The molecule has 4 heteroatoms. The van der Waals surface area contributed by atoms with Crippen LogP contribution in [0.15, 0.2) is 48.5 Å². The van der Waals surface area contributed by atoms with Crippen molar-refractivity contribution in [1.82, 2.24) is 0 Å². The molecule has 106 valence electrons. The molecule has 0 saturated carbocycles. The van der Waals surface area contributed by atoms with E-state index in [1.807, 2.05) is 69.3 Å². The predicted molar refractivity (Wildman–Crippen MR) is 86.9 cm³/mol. The van der Waals surface area contributed by atoms with E-state index in [0.29, 0.717) is 6.16 Å². The van der Waals surface area contributed by atoms with E-state index < -0.39 is 7.07 Å². The molecule has 2 rings (SSSR count). The maximum atomic E-state index is 6.56. The van der Waals surface area contributed by atoms with Crippen LogP contribution in [0.1, 0.15) is 18.1 Å². The summed E-state index contributed by atoms with van der Waals surface area (Å²) < 4.78 is 11.9. The van der Waals surface area contributed by atoms with Gasteiger partial charge in [0.1, 0.15) is 6.16 Å². The quantitative estimate of drug-likeness (QED) is 0.651. The summed E-state index contributed by atoms with van der Waals surface area (Å²) >= 11 is 6.56. The number of aryl methyl sites for hydroxylation is 2. The lowest BCUT2D eigenvalue weighted by molar-refractivity contribution is 0.481. The van der Waals surface area contributed by atoms with Crippen molar-refractivity contribution < 1.29 is 9.05 Å². The Hall–Kier alpha value is -1.24. The van der Waals surface area contributed by atoms with Crippen LogP contribution >= 0.6 is 18.3 Å². The molecule has 0 bridgehead atoms. The number of hydrogen-bond donors (Lipinski definition) is 0. The first-order valence-corrected chi connectivity index (χ1v) is 9.32. The number of benzene rings is 2. The SMILES string of the molecule is CC[P+](Cl)(Oc1cccc(C)c1)Oc1cccc(C)c1. The first-order valence-electron chi connectivity index (χ1n) is 6.61. The van der Waals surface area contributed by atoms with Crippen molar-refractivity contribution in [3.63, 3.8) is 0 Å². The van der Waals surface area contributed by atoms with Crippen LogP contribution in [0.5, 0.6) is 11.5 Å². The van der Waals surface area contributed by atoms with Crippen molar-refractivity contribution in [3.05, 3.63) is 59.7 Å². The summed E-state index contributed by atoms with van der Waals surface area (Å²) in [4.78, 5) is 0. The highest BCUT2D eigenvalue weighted by Gasteiger charge is 2.42. The maximum Gasteiger partial charge on any atom is 0.459 e. The Morgan fingerprint density at radius 1 is 0.900 bits per heavy atom. The van der Waals surface area contributed by atoms with Gasteiger partial charge >= 0.3 is 7.07 Å². The van der Waals surface area contributed by atoms with Crippen molar-refractivity contribution in [2.75, 3.05) is 6.16 Å². The monoisotopic (exact) mass is 309 g/mol. The van der Waals surface area contributed by atoms with Gasteiger partial charge in [0.15, 0.2) is 22.7 Å². The molecular weight excluding hydrogens is 291 g/mol. The fourth-order valence-electron chi connectivity index (χ4n) is 1.81. The molecule has 0 aromatic heterocycles. The number of halogens is 1.